The van der Waals surface area contributed by atoms with Gasteiger partial charge in [0.25, 0.3) is 0 Å². The van der Waals surface area contributed by atoms with Crippen LogP contribution in [0.25, 0.3) is 0 Å². The van der Waals surface area contributed by atoms with Crippen LogP contribution in [0.3, 0.4) is 0 Å². The molecule has 3 nitrogen and oxygen atoms in total. The van der Waals surface area contributed by atoms with Gasteiger partial charge in [0, 0.05) is 6.54 Å². The van der Waals surface area contributed by atoms with Gasteiger partial charge in [-0.1, -0.05) is 42.0 Å². The number of aryl methyl sites for hydroxylation is 1. The molecular weight excluding hydrogens is 296 g/mol. The van der Waals surface area contributed by atoms with Gasteiger partial charge in [-0.2, -0.15) is 0 Å². The Morgan fingerprint density at radius 1 is 1.12 bits per heavy atom. The lowest BCUT2D eigenvalue weighted by molar-refractivity contribution is 0.0917. The molecule has 3 atom stereocenters. The minimum absolute atomic E-state index is 0.112. The predicted molar refractivity (Wildman–Crippen MR) is 97.2 cm³/mol. The van der Waals surface area contributed by atoms with Gasteiger partial charge >= 0.3 is 0 Å². The van der Waals surface area contributed by atoms with E-state index in [1.54, 1.807) is 0 Å². The molecule has 0 saturated carbocycles. The molecule has 0 bridgehead atoms. The molecule has 2 N–H and O–H groups in total. The smallest absolute Gasteiger partial charge is 0.140 e. The highest BCUT2D eigenvalue weighted by atomic mass is 16.5. The van der Waals surface area contributed by atoms with Gasteiger partial charge < -0.3 is 10.5 Å². The van der Waals surface area contributed by atoms with Crippen molar-refractivity contribution in [3.63, 3.8) is 0 Å². The number of fused-ring (bicyclic) bond motifs is 1. The standard InChI is InChI=1S/C21H26N2O/c1-15-6-8-18(9-7-15)24-21-19-5-3-2-4-17(19)12-20(21)23-11-10-16(13-22)14-23/h2-9,16,20-21H,10-14,22H2,1H3/t16-,20-,21-/m1/s1. The van der Waals surface area contributed by atoms with E-state index in [-0.39, 0.29) is 6.10 Å². The van der Waals surface area contributed by atoms with Crippen molar-refractivity contribution in [1.29, 1.82) is 0 Å². The molecule has 1 heterocycles. The Labute approximate surface area is 144 Å². The fourth-order valence-electron chi connectivity index (χ4n) is 4.12. The first-order valence-corrected chi connectivity index (χ1v) is 9.00. The number of benzene rings is 2. The molecule has 0 spiro atoms. The van der Waals surface area contributed by atoms with Crippen molar-refractivity contribution < 1.29 is 4.74 Å². The SMILES string of the molecule is Cc1ccc(O[C@@H]2c3ccccc3C[C@H]2N2CC[C@H](CN)C2)cc1. The van der Waals surface area contributed by atoms with E-state index in [4.69, 9.17) is 10.5 Å². The summed E-state index contributed by atoms with van der Waals surface area (Å²) in [5.41, 5.74) is 9.93. The Kier molecular flexibility index (Phi) is 4.30. The molecule has 1 saturated heterocycles. The normalized spacial score (nSPS) is 26.5. The molecule has 1 fully saturated rings. The summed E-state index contributed by atoms with van der Waals surface area (Å²) in [4.78, 5) is 2.59. The third kappa shape index (κ3) is 2.94. The number of rotatable bonds is 4. The van der Waals surface area contributed by atoms with Gasteiger partial charge in [0.05, 0.1) is 6.04 Å². The second-order valence-electron chi connectivity index (χ2n) is 7.21. The highest BCUT2D eigenvalue weighted by Crippen LogP contribution is 2.39. The quantitative estimate of drug-likeness (QED) is 0.938. The van der Waals surface area contributed by atoms with Crippen LogP contribution >= 0.6 is 0 Å². The van der Waals surface area contributed by atoms with Crippen LogP contribution in [0.15, 0.2) is 48.5 Å². The Morgan fingerprint density at radius 3 is 2.67 bits per heavy atom. The molecule has 2 aromatic rings. The summed E-state index contributed by atoms with van der Waals surface area (Å²) < 4.78 is 6.48. The fraction of sp³-hybridized carbons (Fsp3) is 0.429. The van der Waals surface area contributed by atoms with Gasteiger partial charge in [0.15, 0.2) is 0 Å². The number of nitrogens with zero attached hydrogens (tertiary/aromatic N) is 1. The number of nitrogens with two attached hydrogens (primary N) is 1. The minimum Gasteiger partial charge on any atom is -0.484 e. The molecular formula is C21H26N2O. The lowest BCUT2D eigenvalue weighted by Gasteiger charge is -2.30. The average molecular weight is 322 g/mol. The predicted octanol–water partition coefficient (Wildman–Crippen LogP) is 3.32. The average Bonchev–Trinajstić information content (AvgIpc) is 3.22. The molecule has 0 radical (unpaired) electrons. The van der Waals surface area contributed by atoms with Crippen molar-refractivity contribution in [3.8, 4) is 5.75 Å². The summed E-state index contributed by atoms with van der Waals surface area (Å²) in [7, 11) is 0. The number of ether oxygens (including phenoxy) is 1. The number of hydrogen-bond donors (Lipinski definition) is 1. The lowest BCUT2D eigenvalue weighted by Crippen LogP contribution is -2.39. The summed E-state index contributed by atoms with van der Waals surface area (Å²) >= 11 is 0. The molecule has 24 heavy (non-hydrogen) atoms. The molecule has 1 aliphatic heterocycles. The molecule has 2 aromatic carbocycles. The summed E-state index contributed by atoms with van der Waals surface area (Å²) in [5, 5.41) is 0. The second-order valence-corrected chi connectivity index (χ2v) is 7.21. The van der Waals surface area contributed by atoms with E-state index in [0.29, 0.717) is 12.0 Å². The van der Waals surface area contributed by atoms with Crippen LogP contribution in [0.2, 0.25) is 0 Å². The Bertz CT molecular complexity index is 697. The monoisotopic (exact) mass is 322 g/mol. The van der Waals surface area contributed by atoms with E-state index in [2.05, 4.69) is 60.4 Å². The molecule has 4 rings (SSSR count). The topological polar surface area (TPSA) is 38.5 Å². The van der Waals surface area contributed by atoms with E-state index in [0.717, 1.165) is 31.8 Å². The molecule has 0 amide bonds. The summed E-state index contributed by atoms with van der Waals surface area (Å²) in [6.45, 7) is 5.13. The maximum Gasteiger partial charge on any atom is 0.140 e. The van der Waals surface area contributed by atoms with Crippen molar-refractivity contribution >= 4 is 0 Å². The third-order valence-electron chi connectivity index (χ3n) is 5.54. The number of hydrogen-bond acceptors (Lipinski definition) is 3. The zero-order valence-electron chi connectivity index (χ0n) is 14.3. The van der Waals surface area contributed by atoms with Gasteiger partial charge in [0.2, 0.25) is 0 Å². The fourth-order valence-corrected chi connectivity index (χ4v) is 4.12. The molecule has 2 aliphatic rings. The van der Waals surface area contributed by atoms with Gasteiger partial charge in [-0.3, -0.25) is 4.90 Å². The van der Waals surface area contributed by atoms with Crippen LogP contribution in [0.5, 0.6) is 5.75 Å². The van der Waals surface area contributed by atoms with Crippen molar-refractivity contribution in [3.05, 3.63) is 65.2 Å². The highest BCUT2D eigenvalue weighted by molar-refractivity contribution is 5.38. The van der Waals surface area contributed by atoms with Gasteiger partial charge in [0.1, 0.15) is 11.9 Å². The van der Waals surface area contributed by atoms with Crippen molar-refractivity contribution in [2.75, 3.05) is 19.6 Å². The van der Waals surface area contributed by atoms with Crippen LogP contribution in [0.4, 0.5) is 0 Å². The number of likely N-dealkylation sites (tertiary alicyclic amines) is 1. The first kappa shape index (κ1) is 15.7. The Balaban J connectivity index is 1.60. The van der Waals surface area contributed by atoms with Crippen LogP contribution in [0, 0.1) is 12.8 Å². The van der Waals surface area contributed by atoms with Gasteiger partial charge in [-0.15, -0.1) is 0 Å². The first-order chi connectivity index (χ1) is 11.7. The maximum atomic E-state index is 6.48. The van der Waals surface area contributed by atoms with Gasteiger partial charge in [-0.05, 0) is 62.0 Å². The zero-order chi connectivity index (χ0) is 16.5. The van der Waals surface area contributed by atoms with Crippen LogP contribution in [0.1, 0.15) is 29.2 Å². The van der Waals surface area contributed by atoms with E-state index in [1.165, 1.54) is 23.1 Å². The molecule has 1 aliphatic carbocycles. The summed E-state index contributed by atoms with van der Waals surface area (Å²) in [6.07, 6.45) is 2.39. The van der Waals surface area contributed by atoms with E-state index < -0.39 is 0 Å². The summed E-state index contributed by atoms with van der Waals surface area (Å²) in [6, 6.07) is 17.6. The van der Waals surface area contributed by atoms with Crippen molar-refractivity contribution in [1.82, 2.24) is 4.90 Å². The zero-order valence-corrected chi connectivity index (χ0v) is 14.3. The van der Waals surface area contributed by atoms with Gasteiger partial charge in [-0.25, -0.2) is 0 Å². The Hall–Kier alpha value is -1.84. The van der Waals surface area contributed by atoms with Crippen molar-refractivity contribution in [2.24, 2.45) is 11.7 Å². The van der Waals surface area contributed by atoms with Crippen molar-refractivity contribution in [2.45, 2.75) is 31.9 Å². The van der Waals surface area contributed by atoms with Crippen LogP contribution < -0.4 is 10.5 Å². The molecule has 3 heteroatoms. The summed E-state index contributed by atoms with van der Waals surface area (Å²) in [5.74, 6) is 1.59. The minimum atomic E-state index is 0.112. The lowest BCUT2D eigenvalue weighted by atomic mass is 10.1. The molecule has 0 aromatic heterocycles. The molecule has 0 unspecified atom stereocenters. The van der Waals surface area contributed by atoms with E-state index in [1.807, 2.05) is 0 Å². The van der Waals surface area contributed by atoms with Crippen LogP contribution in [-0.2, 0) is 6.42 Å². The Morgan fingerprint density at radius 2 is 1.92 bits per heavy atom. The largest absolute Gasteiger partial charge is 0.484 e. The van der Waals surface area contributed by atoms with E-state index in [9.17, 15) is 0 Å². The van der Waals surface area contributed by atoms with E-state index >= 15 is 0 Å². The highest BCUT2D eigenvalue weighted by Gasteiger charge is 2.40. The molecule has 126 valence electrons. The third-order valence-corrected chi connectivity index (χ3v) is 5.54. The second kappa shape index (κ2) is 6.58. The van der Waals surface area contributed by atoms with Crippen LogP contribution in [-0.4, -0.2) is 30.6 Å². The first-order valence-electron chi connectivity index (χ1n) is 9.00. The maximum absolute atomic E-state index is 6.48.